The number of hydrogen-bond donors (Lipinski definition) is 2. The van der Waals surface area contributed by atoms with Gasteiger partial charge in [0.15, 0.2) is 5.65 Å². The Labute approximate surface area is 163 Å². The van der Waals surface area contributed by atoms with Gasteiger partial charge in [0.25, 0.3) is 5.56 Å². The third-order valence-electron chi connectivity index (χ3n) is 4.79. The average Bonchev–Trinajstić information content (AvgIpc) is 3.06. The summed E-state index contributed by atoms with van der Waals surface area (Å²) in [6.45, 7) is 0. The van der Waals surface area contributed by atoms with Crippen LogP contribution in [0.4, 0.5) is 13.2 Å². The van der Waals surface area contributed by atoms with E-state index >= 15 is 0 Å². The summed E-state index contributed by atoms with van der Waals surface area (Å²) in [4.78, 5) is 35.5. The Morgan fingerprint density at radius 1 is 1.21 bits per heavy atom. The topological polar surface area (TPSA) is 109 Å². The maximum absolute atomic E-state index is 12.9. The number of aromatic amines is 2. The molecule has 0 aromatic carbocycles. The molecule has 4 aromatic rings. The van der Waals surface area contributed by atoms with Gasteiger partial charge in [-0.15, -0.1) is 11.3 Å². The first-order valence-electron chi connectivity index (χ1n) is 8.51. The first-order chi connectivity index (χ1) is 13.8. The van der Waals surface area contributed by atoms with Crippen LogP contribution in [-0.2, 0) is 6.18 Å². The quantitative estimate of drug-likeness (QED) is 0.529. The summed E-state index contributed by atoms with van der Waals surface area (Å²) in [5.41, 5.74) is 0.605. The van der Waals surface area contributed by atoms with Crippen molar-refractivity contribution in [2.75, 3.05) is 0 Å². The molecule has 12 heteroatoms. The minimum Gasteiger partial charge on any atom is -0.313 e. The number of aromatic nitrogens is 6. The molecule has 0 bridgehead atoms. The van der Waals surface area contributed by atoms with Gasteiger partial charge in [-0.25, -0.2) is 19.3 Å². The minimum atomic E-state index is -4.41. The smallest absolute Gasteiger partial charge is 0.313 e. The van der Waals surface area contributed by atoms with E-state index in [4.69, 9.17) is 0 Å². The zero-order valence-electron chi connectivity index (χ0n) is 14.4. The number of alkyl halides is 3. The second-order valence-electron chi connectivity index (χ2n) is 6.68. The summed E-state index contributed by atoms with van der Waals surface area (Å²) in [6, 6.07) is 1.69. The van der Waals surface area contributed by atoms with Crippen LogP contribution < -0.4 is 11.2 Å². The monoisotopic (exact) mass is 420 g/mol. The second kappa shape index (κ2) is 6.11. The molecule has 0 unspecified atom stereocenters. The summed E-state index contributed by atoms with van der Waals surface area (Å²) < 4.78 is 40.1. The van der Waals surface area contributed by atoms with Crippen molar-refractivity contribution in [3.8, 4) is 11.3 Å². The van der Waals surface area contributed by atoms with Crippen molar-refractivity contribution < 1.29 is 13.2 Å². The van der Waals surface area contributed by atoms with Crippen LogP contribution in [0, 0.1) is 0 Å². The standard InChI is InChI=1S/C17H11F3N6O2S/c18-17(19,20)12-6-22-15(29-12)9-3-7(9)8-4-11(25-26-2-1-21-13(8)26)10-5-23-16(28)24-14(10)27/h1-2,4-7,9H,3H2,(H2,23,24,27,28)/t7-,9+/m1/s1. The largest absolute Gasteiger partial charge is 0.427 e. The molecular weight excluding hydrogens is 409 g/mol. The number of imidazole rings is 1. The number of nitrogens with zero attached hydrogens (tertiary/aromatic N) is 4. The molecule has 148 valence electrons. The summed E-state index contributed by atoms with van der Waals surface area (Å²) in [7, 11) is 0. The minimum absolute atomic E-state index is 0.0873. The molecular formula is C17H11F3N6O2S. The molecule has 1 aliphatic rings. The van der Waals surface area contributed by atoms with Crippen LogP contribution in [0.1, 0.15) is 33.7 Å². The first-order valence-corrected chi connectivity index (χ1v) is 9.32. The molecule has 5 rings (SSSR count). The van der Waals surface area contributed by atoms with Crippen molar-refractivity contribution in [3.05, 3.63) is 67.1 Å². The van der Waals surface area contributed by atoms with Gasteiger partial charge in [-0.1, -0.05) is 0 Å². The molecule has 8 nitrogen and oxygen atoms in total. The van der Waals surface area contributed by atoms with Crippen molar-refractivity contribution in [3.63, 3.8) is 0 Å². The predicted molar refractivity (Wildman–Crippen MR) is 96.9 cm³/mol. The molecule has 0 radical (unpaired) electrons. The molecule has 29 heavy (non-hydrogen) atoms. The van der Waals surface area contributed by atoms with Gasteiger partial charge in [-0.3, -0.25) is 9.78 Å². The van der Waals surface area contributed by atoms with E-state index in [1.54, 1.807) is 18.5 Å². The van der Waals surface area contributed by atoms with Crippen LogP contribution in [-0.4, -0.2) is 29.5 Å². The van der Waals surface area contributed by atoms with E-state index < -0.39 is 22.3 Å². The van der Waals surface area contributed by atoms with Gasteiger partial charge in [0.2, 0.25) is 0 Å². The van der Waals surface area contributed by atoms with E-state index in [2.05, 4.69) is 25.0 Å². The number of fused-ring (bicyclic) bond motifs is 1. The van der Waals surface area contributed by atoms with Crippen molar-refractivity contribution >= 4 is 17.0 Å². The summed E-state index contributed by atoms with van der Waals surface area (Å²) in [6.07, 6.45) is 1.51. The Balaban J connectivity index is 1.56. The van der Waals surface area contributed by atoms with E-state index in [9.17, 15) is 22.8 Å². The molecule has 0 saturated heterocycles. The van der Waals surface area contributed by atoms with Gasteiger partial charge in [0, 0.05) is 30.1 Å². The molecule has 1 saturated carbocycles. The maximum Gasteiger partial charge on any atom is 0.427 e. The maximum atomic E-state index is 12.9. The molecule has 2 atom stereocenters. The Kier molecular flexibility index (Phi) is 3.75. The fourth-order valence-corrected chi connectivity index (χ4v) is 4.31. The van der Waals surface area contributed by atoms with Crippen molar-refractivity contribution in [1.82, 2.24) is 29.5 Å². The fourth-order valence-electron chi connectivity index (χ4n) is 3.35. The first kappa shape index (κ1) is 17.8. The SMILES string of the molecule is O=c1[nH]cc(-c2cc([C@H]3C[C@@H]3c3ncc(C(F)(F)F)s3)c3nccn3n2)c(=O)[nH]1. The Morgan fingerprint density at radius 2 is 2.03 bits per heavy atom. The van der Waals surface area contributed by atoms with E-state index in [1.165, 1.54) is 10.7 Å². The van der Waals surface area contributed by atoms with Gasteiger partial charge < -0.3 is 4.98 Å². The lowest BCUT2D eigenvalue weighted by Crippen LogP contribution is -2.23. The van der Waals surface area contributed by atoms with Crippen molar-refractivity contribution in [2.24, 2.45) is 0 Å². The lowest BCUT2D eigenvalue weighted by Gasteiger charge is -2.06. The van der Waals surface area contributed by atoms with Crippen molar-refractivity contribution in [2.45, 2.75) is 24.4 Å². The zero-order valence-corrected chi connectivity index (χ0v) is 15.2. The lowest BCUT2D eigenvalue weighted by atomic mass is 10.1. The molecule has 0 spiro atoms. The van der Waals surface area contributed by atoms with E-state index in [-0.39, 0.29) is 17.4 Å². The number of rotatable bonds is 3. The van der Waals surface area contributed by atoms with Crippen LogP contribution in [0.25, 0.3) is 16.9 Å². The third kappa shape index (κ3) is 3.05. The highest BCUT2D eigenvalue weighted by molar-refractivity contribution is 7.11. The third-order valence-corrected chi connectivity index (χ3v) is 5.97. The van der Waals surface area contributed by atoms with Gasteiger partial charge >= 0.3 is 11.9 Å². The normalized spacial score (nSPS) is 19.0. The Bertz CT molecular complexity index is 1350. The molecule has 4 aromatic heterocycles. The van der Waals surface area contributed by atoms with Gasteiger partial charge in [0.05, 0.1) is 22.5 Å². The molecule has 0 amide bonds. The number of nitrogens with one attached hydrogen (secondary N) is 2. The van der Waals surface area contributed by atoms with Crippen LogP contribution in [0.3, 0.4) is 0 Å². The molecule has 1 aliphatic carbocycles. The van der Waals surface area contributed by atoms with Gasteiger partial charge in [-0.05, 0) is 18.4 Å². The van der Waals surface area contributed by atoms with Crippen molar-refractivity contribution in [1.29, 1.82) is 0 Å². The number of H-pyrrole nitrogens is 2. The van der Waals surface area contributed by atoms with E-state index in [1.807, 2.05) is 0 Å². The predicted octanol–water partition coefficient (Wildman–Crippen LogP) is 2.52. The van der Waals surface area contributed by atoms with Gasteiger partial charge in [-0.2, -0.15) is 18.3 Å². The molecule has 2 N–H and O–H groups in total. The van der Waals surface area contributed by atoms with Gasteiger partial charge in [0.1, 0.15) is 4.88 Å². The zero-order chi connectivity index (χ0) is 20.3. The Hall–Kier alpha value is -3.28. The lowest BCUT2D eigenvalue weighted by molar-refractivity contribution is -0.134. The number of halogens is 3. The van der Waals surface area contributed by atoms with Crippen LogP contribution in [0.5, 0.6) is 0 Å². The highest BCUT2D eigenvalue weighted by Gasteiger charge is 2.45. The van der Waals surface area contributed by atoms with Crippen LogP contribution >= 0.6 is 11.3 Å². The second-order valence-corrected chi connectivity index (χ2v) is 7.74. The molecule has 1 fully saturated rings. The Morgan fingerprint density at radius 3 is 2.76 bits per heavy atom. The number of hydrogen-bond acceptors (Lipinski definition) is 6. The van der Waals surface area contributed by atoms with E-state index in [0.29, 0.717) is 34.1 Å². The summed E-state index contributed by atoms with van der Waals surface area (Å²) in [5, 5.41) is 4.77. The number of thiazole rings is 1. The van der Waals surface area contributed by atoms with Crippen LogP contribution in [0.2, 0.25) is 0 Å². The average molecular weight is 420 g/mol. The summed E-state index contributed by atoms with van der Waals surface area (Å²) >= 11 is 0.647. The molecule has 4 heterocycles. The van der Waals surface area contributed by atoms with Crippen LogP contribution in [0.15, 0.2) is 40.4 Å². The highest BCUT2D eigenvalue weighted by Crippen LogP contribution is 2.57. The fraction of sp³-hybridized carbons (Fsp3) is 0.235. The molecule has 0 aliphatic heterocycles. The highest BCUT2D eigenvalue weighted by atomic mass is 32.1. The summed E-state index contributed by atoms with van der Waals surface area (Å²) in [5.74, 6) is -0.239. The van der Waals surface area contributed by atoms with E-state index in [0.717, 1.165) is 11.8 Å².